The highest BCUT2D eigenvalue weighted by atomic mass is 14.9. The molecular weight excluding hydrogens is 234 g/mol. The second kappa shape index (κ2) is 5.22. The van der Waals surface area contributed by atoms with Crippen molar-refractivity contribution in [3.63, 3.8) is 0 Å². The third kappa shape index (κ3) is 2.81. The Morgan fingerprint density at radius 1 is 1.05 bits per heavy atom. The Labute approximate surface area is 114 Å². The van der Waals surface area contributed by atoms with Crippen LogP contribution in [0.3, 0.4) is 0 Å². The Kier molecular flexibility index (Phi) is 3.65. The maximum absolute atomic E-state index is 8.22. The van der Waals surface area contributed by atoms with Crippen LogP contribution in [-0.2, 0) is 0 Å². The molecule has 0 spiro atoms. The van der Waals surface area contributed by atoms with Crippen molar-refractivity contribution in [2.75, 3.05) is 5.32 Å². The van der Waals surface area contributed by atoms with Gasteiger partial charge in [-0.1, -0.05) is 18.2 Å². The van der Waals surface area contributed by atoms with Crippen molar-refractivity contribution in [2.45, 2.75) is 27.7 Å². The van der Waals surface area contributed by atoms with E-state index in [-0.39, 0.29) is 0 Å². The molecule has 1 aromatic carbocycles. The van der Waals surface area contributed by atoms with Gasteiger partial charge in [-0.2, -0.15) is 0 Å². The van der Waals surface area contributed by atoms with E-state index in [2.05, 4.69) is 10.3 Å². The molecule has 2 aromatic rings. The lowest BCUT2D eigenvalue weighted by molar-refractivity contribution is 1.16. The quantitative estimate of drug-likeness (QED) is 0.632. The number of pyridine rings is 1. The van der Waals surface area contributed by atoms with Crippen LogP contribution >= 0.6 is 0 Å². The number of aromatic nitrogens is 1. The van der Waals surface area contributed by atoms with Gasteiger partial charge in [0.05, 0.1) is 0 Å². The van der Waals surface area contributed by atoms with Crippen molar-refractivity contribution in [3.05, 3.63) is 58.4 Å². The normalized spacial score (nSPS) is 10.3. The molecule has 0 amide bonds. The first-order chi connectivity index (χ1) is 8.99. The van der Waals surface area contributed by atoms with Crippen LogP contribution in [0.25, 0.3) is 0 Å². The summed E-state index contributed by atoms with van der Waals surface area (Å²) in [6.07, 6.45) is 1.76. The highest BCUT2D eigenvalue weighted by molar-refractivity contribution is 6.07. The van der Waals surface area contributed by atoms with Gasteiger partial charge < -0.3 is 5.32 Å². The Hall–Kier alpha value is -2.16. The van der Waals surface area contributed by atoms with Crippen LogP contribution in [0.4, 0.5) is 5.69 Å². The number of amidine groups is 1. The van der Waals surface area contributed by atoms with Gasteiger partial charge in [0, 0.05) is 23.1 Å². The monoisotopic (exact) mass is 253 g/mol. The largest absolute Gasteiger partial charge is 0.340 e. The van der Waals surface area contributed by atoms with Gasteiger partial charge in [-0.15, -0.1) is 0 Å². The van der Waals surface area contributed by atoms with Gasteiger partial charge in [-0.3, -0.25) is 10.4 Å². The van der Waals surface area contributed by atoms with Gasteiger partial charge >= 0.3 is 0 Å². The summed E-state index contributed by atoms with van der Waals surface area (Å²) in [7, 11) is 0. The molecule has 98 valence electrons. The first-order valence-electron chi connectivity index (χ1n) is 6.34. The highest BCUT2D eigenvalue weighted by Crippen LogP contribution is 2.20. The van der Waals surface area contributed by atoms with Crippen LogP contribution in [0.15, 0.2) is 30.5 Å². The van der Waals surface area contributed by atoms with Crippen LogP contribution in [0.5, 0.6) is 0 Å². The molecule has 0 aliphatic rings. The molecule has 0 radical (unpaired) electrons. The van der Waals surface area contributed by atoms with E-state index in [0.717, 1.165) is 33.6 Å². The van der Waals surface area contributed by atoms with Crippen LogP contribution in [0.2, 0.25) is 0 Å². The summed E-state index contributed by atoms with van der Waals surface area (Å²) in [6.45, 7) is 8.05. The van der Waals surface area contributed by atoms with Gasteiger partial charge in [-0.25, -0.2) is 0 Å². The van der Waals surface area contributed by atoms with Crippen molar-refractivity contribution in [2.24, 2.45) is 0 Å². The second-order valence-electron chi connectivity index (χ2n) is 4.91. The number of hydrogen-bond acceptors (Lipinski definition) is 2. The summed E-state index contributed by atoms with van der Waals surface area (Å²) in [6, 6.07) is 8.11. The Bertz CT molecular complexity index is 610. The van der Waals surface area contributed by atoms with E-state index < -0.39 is 0 Å². The number of nitrogens with zero attached hydrogens (tertiary/aromatic N) is 1. The van der Waals surface area contributed by atoms with Crippen LogP contribution in [0, 0.1) is 33.1 Å². The number of nitrogens with one attached hydrogen (secondary N) is 2. The molecule has 3 nitrogen and oxygen atoms in total. The van der Waals surface area contributed by atoms with Gasteiger partial charge in [0.1, 0.15) is 5.84 Å². The molecule has 0 atom stereocenters. The van der Waals surface area contributed by atoms with Crippen LogP contribution in [-0.4, -0.2) is 10.8 Å². The third-order valence-corrected chi connectivity index (χ3v) is 3.25. The van der Waals surface area contributed by atoms with Crippen molar-refractivity contribution >= 4 is 11.5 Å². The summed E-state index contributed by atoms with van der Waals surface area (Å²) < 4.78 is 0. The average molecular weight is 253 g/mol. The lowest BCUT2D eigenvalue weighted by Gasteiger charge is -2.14. The first-order valence-corrected chi connectivity index (χ1v) is 6.34. The SMILES string of the molecule is Cc1cc(C)c(C(=N)Nc2c(C)cccc2C)cn1. The Morgan fingerprint density at radius 3 is 2.26 bits per heavy atom. The predicted octanol–water partition coefficient (Wildman–Crippen LogP) is 3.75. The maximum atomic E-state index is 8.22. The van der Waals surface area contributed by atoms with E-state index in [4.69, 9.17) is 5.41 Å². The number of hydrogen-bond donors (Lipinski definition) is 2. The summed E-state index contributed by atoms with van der Waals surface area (Å²) in [5, 5.41) is 11.4. The number of para-hydroxylation sites is 1. The summed E-state index contributed by atoms with van der Waals surface area (Å²) in [4.78, 5) is 4.27. The third-order valence-electron chi connectivity index (χ3n) is 3.25. The summed E-state index contributed by atoms with van der Waals surface area (Å²) in [5.74, 6) is 0.391. The lowest BCUT2D eigenvalue weighted by Crippen LogP contribution is -2.15. The minimum Gasteiger partial charge on any atom is -0.340 e. The molecule has 2 rings (SSSR count). The van der Waals surface area contributed by atoms with E-state index in [0.29, 0.717) is 5.84 Å². The first kappa shape index (κ1) is 13.3. The summed E-state index contributed by atoms with van der Waals surface area (Å²) >= 11 is 0. The van der Waals surface area contributed by atoms with Gasteiger partial charge in [-0.05, 0) is 50.5 Å². The van der Waals surface area contributed by atoms with Gasteiger partial charge in [0.2, 0.25) is 0 Å². The van der Waals surface area contributed by atoms with Crippen molar-refractivity contribution < 1.29 is 0 Å². The molecule has 0 saturated heterocycles. The molecule has 0 aliphatic carbocycles. The average Bonchev–Trinajstić information content (AvgIpc) is 2.33. The van der Waals surface area contributed by atoms with Crippen molar-refractivity contribution in [1.82, 2.24) is 4.98 Å². The zero-order chi connectivity index (χ0) is 14.0. The second-order valence-corrected chi connectivity index (χ2v) is 4.91. The maximum Gasteiger partial charge on any atom is 0.131 e. The van der Waals surface area contributed by atoms with Gasteiger partial charge in [0.15, 0.2) is 0 Å². The number of anilines is 1. The lowest BCUT2D eigenvalue weighted by atomic mass is 10.1. The molecule has 1 aromatic heterocycles. The fourth-order valence-electron chi connectivity index (χ4n) is 2.16. The fraction of sp³-hybridized carbons (Fsp3) is 0.250. The molecule has 19 heavy (non-hydrogen) atoms. The van der Waals surface area contributed by atoms with E-state index >= 15 is 0 Å². The summed E-state index contributed by atoms with van der Waals surface area (Å²) in [5.41, 5.74) is 6.17. The minimum atomic E-state index is 0.391. The predicted molar refractivity (Wildman–Crippen MR) is 80.1 cm³/mol. The van der Waals surface area contributed by atoms with E-state index in [1.54, 1.807) is 6.20 Å². The van der Waals surface area contributed by atoms with Crippen LogP contribution in [0.1, 0.15) is 27.9 Å². The zero-order valence-electron chi connectivity index (χ0n) is 11.8. The zero-order valence-corrected chi connectivity index (χ0v) is 11.8. The Balaban J connectivity index is 2.31. The molecule has 2 N–H and O–H groups in total. The van der Waals surface area contributed by atoms with Crippen LogP contribution < -0.4 is 5.32 Å². The number of benzene rings is 1. The van der Waals surface area contributed by atoms with Crippen molar-refractivity contribution in [3.8, 4) is 0 Å². The molecule has 3 heteroatoms. The van der Waals surface area contributed by atoms with E-state index in [1.165, 1.54) is 0 Å². The highest BCUT2D eigenvalue weighted by Gasteiger charge is 2.09. The van der Waals surface area contributed by atoms with Gasteiger partial charge in [0.25, 0.3) is 0 Å². The smallest absolute Gasteiger partial charge is 0.131 e. The number of rotatable bonds is 2. The topological polar surface area (TPSA) is 48.8 Å². The molecule has 0 bridgehead atoms. The van der Waals surface area contributed by atoms with E-state index in [9.17, 15) is 0 Å². The molecule has 0 saturated carbocycles. The number of aryl methyl sites for hydroxylation is 4. The molecular formula is C16H19N3. The molecule has 0 aliphatic heterocycles. The Morgan fingerprint density at radius 2 is 1.68 bits per heavy atom. The van der Waals surface area contributed by atoms with E-state index in [1.807, 2.05) is 52.0 Å². The molecule has 0 unspecified atom stereocenters. The standard InChI is InChI=1S/C16H19N3/c1-10-6-5-7-11(2)15(10)19-16(17)14-9-18-13(4)8-12(14)3/h5-9H,1-4H3,(H2,17,19). The minimum absolute atomic E-state index is 0.391. The van der Waals surface area contributed by atoms with Crippen molar-refractivity contribution in [1.29, 1.82) is 5.41 Å². The fourth-order valence-corrected chi connectivity index (χ4v) is 2.16. The molecule has 0 fully saturated rings. The molecule has 1 heterocycles.